The average molecular weight is 464 g/mol. The molecule has 2 heterocycles. The Morgan fingerprint density at radius 3 is 2.70 bits per heavy atom. The Morgan fingerprint density at radius 2 is 1.93 bits per heavy atom. The van der Waals surface area contributed by atoms with Crippen molar-refractivity contribution in [2.45, 2.75) is 25.9 Å². The van der Waals surface area contributed by atoms with Gasteiger partial charge in [0.1, 0.15) is 0 Å². The first-order valence-electron chi connectivity index (χ1n) is 9.60. The third-order valence-electron chi connectivity index (χ3n) is 5.42. The molecule has 30 heavy (non-hydrogen) atoms. The van der Waals surface area contributed by atoms with Gasteiger partial charge >= 0.3 is 0 Å². The third kappa shape index (κ3) is 5.35. The van der Waals surface area contributed by atoms with Crippen molar-refractivity contribution in [1.29, 1.82) is 0 Å². The molecule has 0 radical (unpaired) electrons. The van der Waals surface area contributed by atoms with Crippen LogP contribution in [0.2, 0.25) is 0 Å². The first-order chi connectivity index (χ1) is 13.6. The molecule has 1 aromatic heterocycles. The lowest BCUT2D eigenvalue weighted by Crippen LogP contribution is -2.40. The number of anilines is 1. The summed E-state index contributed by atoms with van der Waals surface area (Å²) in [6, 6.07) is 18.3. The van der Waals surface area contributed by atoms with Crippen LogP contribution in [0.3, 0.4) is 0 Å². The molecule has 160 valence electrons. The van der Waals surface area contributed by atoms with Gasteiger partial charge in [0.15, 0.2) is 0 Å². The fourth-order valence-electron chi connectivity index (χ4n) is 3.84. The van der Waals surface area contributed by atoms with E-state index in [1.807, 2.05) is 36.5 Å². The number of fused-ring (bicyclic) bond motifs is 1. The van der Waals surface area contributed by atoms with Gasteiger partial charge < -0.3 is 11.1 Å². The van der Waals surface area contributed by atoms with Gasteiger partial charge in [0.2, 0.25) is 0 Å². The summed E-state index contributed by atoms with van der Waals surface area (Å²) in [5.74, 6) is -0.0704. The maximum Gasteiger partial charge on any atom is 0.251 e. The fourth-order valence-corrected chi connectivity index (χ4v) is 4.73. The monoisotopic (exact) mass is 463 g/mol. The van der Waals surface area contributed by atoms with E-state index >= 15 is 0 Å². The lowest BCUT2D eigenvalue weighted by atomic mass is 10.0. The molecule has 1 aliphatic heterocycles. The van der Waals surface area contributed by atoms with E-state index in [2.05, 4.69) is 45.9 Å². The van der Waals surface area contributed by atoms with E-state index in [1.54, 1.807) is 6.07 Å². The summed E-state index contributed by atoms with van der Waals surface area (Å²) in [7, 11) is 0. The van der Waals surface area contributed by atoms with Gasteiger partial charge in [-0.2, -0.15) is 0 Å². The number of nitrogens with zero attached hydrogens (tertiary/aromatic N) is 1. The number of nitrogens with two attached hydrogens (primary N) is 1. The second-order valence-electron chi connectivity index (χ2n) is 7.30. The molecule has 0 bridgehead atoms. The number of amides is 1. The van der Waals surface area contributed by atoms with Crippen LogP contribution in [-0.4, -0.2) is 23.9 Å². The number of hydrogen-bond donors (Lipinski definition) is 2. The van der Waals surface area contributed by atoms with Gasteiger partial charge in [-0.25, -0.2) is 0 Å². The zero-order chi connectivity index (χ0) is 19.5. The zero-order valence-corrected chi connectivity index (χ0v) is 19.3. The van der Waals surface area contributed by atoms with Crippen LogP contribution in [0.15, 0.2) is 60.0 Å². The Kier molecular flexibility index (Phi) is 8.74. The highest BCUT2D eigenvalue weighted by atomic mass is 35.5. The number of nitrogens with one attached hydrogen (secondary N) is 1. The number of rotatable bonds is 5. The number of carbonyl (C=O) groups excluding carboxylic acids is 1. The minimum absolute atomic E-state index is 0. The van der Waals surface area contributed by atoms with Crippen LogP contribution in [-0.2, 0) is 13.0 Å². The molecule has 0 saturated heterocycles. The number of halogens is 2. The van der Waals surface area contributed by atoms with E-state index in [4.69, 9.17) is 5.73 Å². The molecule has 2 aromatic carbocycles. The Labute approximate surface area is 194 Å². The Balaban J connectivity index is 0.00000160. The number of carbonyl (C=O) groups is 1. The minimum atomic E-state index is -0.0704. The molecule has 0 fully saturated rings. The van der Waals surface area contributed by atoms with E-state index in [1.165, 1.54) is 16.0 Å². The number of hydrogen-bond acceptors (Lipinski definition) is 4. The van der Waals surface area contributed by atoms with Crippen molar-refractivity contribution in [1.82, 2.24) is 10.2 Å². The van der Waals surface area contributed by atoms with Crippen LogP contribution in [0.4, 0.5) is 5.69 Å². The summed E-state index contributed by atoms with van der Waals surface area (Å²) < 4.78 is 0. The third-order valence-corrected chi connectivity index (χ3v) is 6.45. The normalized spacial score (nSPS) is 14.0. The molecule has 7 heteroatoms. The molecule has 4 rings (SSSR count). The quantitative estimate of drug-likeness (QED) is 0.522. The molecular formula is C23H27Cl2N3OS. The standard InChI is InChI=1S/C23H25N3OS.2ClH/c1-16-7-8-19(24)13-20(16)23(27)25-14-21(17-5-3-2-4-6-17)26-11-9-22-18(15-26)10-12-28-22;;/h2-8,10,12-13,21H,9,11,14-15,24H2,1H3,(H,25,27);2*1H. The molecule has 0 aliphatic carbocycles. The highest BCUT2D eigenvalue weighted by molar-refractivity contribution is 7.10. The van der Waals surface area contributed by atoms with Crippen molar-refractivity contribution < 1.29 is 4.79 Å². The van der Waals surface area contributed by atoms with Crippen molar-refractivity contribution in [2.24, 2.45) is 0 Å². The van der Waals surface area contributed by atoms with Crippen LogP contribution < -0.4 is 11.1 Å². The lowest BCUT2D eigenvalue weighted by molar-refractivity contribution is 0.0927. The van der Waals surface area contributed by atoms with E-state index in [0.29, 0.717) is 17.8 Å². The molecule has 1 amide bonds. The van der Waals surface area contributed by atoms with E-state index in [0.717, 1.165) is 25.1 Å². The predicted molar refractivity (Wildman–Crippen MR) is 130 cm³/mol. The summed E-state index contributed by atoms with van der Waals surface area (Å²) in [6.45, 7) is 4.42. The lowest BCUT2D eigenvalue weighted by Gasteiger charge is -2.35. The van der Waals surface area contributed by atoms with Crippen molar-refractivity contribution in [3.05, 3.63) is 87.1 Å². The Hall–Kier alpha value is -2.05. The van der Waals surface area contributed by atoms with Crippen molar-refractivity contribution in [3.63, 3.8) is 0 Å². The average Bonchev–Trinajstić information content (AvgIpc) is 3.18. The summed E-state index contributed by atoms with van der Waals surface area (Å²) in [5, 5.41) is 5.32. The number of nitrogen functional groups attached to an aromatic ring is 1. The molecule has 1 unspecified atom stereocenters. The maximum absolute atomic E-state index is 12.8. The summed E-state index contributed by atoms with van der Waals surface area (Å²) in [6.07, 6.45) is 1.07. The van der Waals surface area contributed by atoms with E-state index in [-0.39, 0.29) is 36.8 Å². The zero-order valence-electron chi connectivity index (χ0n) is 16.8. The van der Waals surface area contributed by atoms with Gasteiger partial charge in [-0.1, -0.05) is 36.4 Å². The van der Waals surface area contributed by atoms with Crippen LogP contribution in [0.25, 0.3) is 0 Å². The highest BCUT2D eigenvalue weighted by Gasteiger charge is 2.26. The number of aryl methyl sites for hydroxylation is 1. The first-order valence-corrected chi connectivity index (χ1v) is 10.5. The SMILES string of the molecule is Cc1ccc(N)cc1C(=O)NCC(c1ccccc1)N1CCc2sccc2C1.Cl.Cl. The highest BCUT2D eigenvalue weighted by Crippen LogP contribution is 2.30. The minimum Gasteiger partial charge on any atom is -0.399 e. The Morgan fingerprint density at radius 1 is 1.17 bits per heavy atom. The molecule has 3 aromatic rings. The fraction of sp³-hybridized carbons (Fsp3) is 0.261. The molecule has 1 aliphatic rings. The molecule has 4 nitrogen and oxygen atoms in total. The van der Waals surface area contributed by atoms with Crippen molar-refractivity contribution in [3.8, 4) is 0 Å². The molecule has 3 N–H and O–H groups in total. The van der Waals surface area contributed by atoms with Gasteiger partial charge in [0, 0.05) is 35.8 Å². The van der Waals surface area contributed by atoms with Crippen LogP contribution >= 0.6 is 36.2 Å². The van der Waals surface area contributed by atoms with Gasteiger partial charge in [0.05, 0.1) is 6.04 Å². The van der Waals surface area contributed by atoms with Crippen molar-refractivity contribution >= 4 is 47.7 Å². The Bertz CT molecular complexity index is 978. The smallest absolute Gasteiger partial charge is 0.251 e. The van der Waals surface area contributed by atoms with E-state index in [9.17, 15) is 4.79 Å². The van der Waals surface area contributed by atoms with Gasteiger partial charge in [0.25, 0.3) is 5.91 Å². The largest absolute Gasteiger partial charge is 0.399 e. The summed E-state index contributed by atoms with van der Waals surface area (Å²) in [4.78, 5) is 16.8. The van der Waals surface area contributed by atoms with E-state index < -0.39 is 0 Å². The summed E-state index contributed by atoms with van der Waals surface area (Å²) >= 11 is 1.85. The molecule has 0 spiro atoms. The van der Waals surface area contributed by atoms with Crippen LogP contribution in [0, 0.1) is 6.92 Å². The second kappa shape index (κ2) is 10.8. The molecule has 0 saturated carbocycles. The predicted octanol–water partition coefficient (Wildman–Crippen LogP) is 5.01. The molecule has 1 atom stereocenters. The maximum atomic E-state index is 12.8. The first kappa shape index (κ1) is 24.2. The number of thiophene rings is 1. The van der Waals surface area contributed by atoms with Gasteiger partial charge in [-0.3, -0.25) is 9.69 Å². The topological polar surface area (TPSA) is 58.4 Å². The molecular weight excluding hydrogens is 437 g/mol. The van der Waals surface area contributed by atoms with Gasteiger partial charge in [-0.15, -0.1) is 36.2 Å². The summed E-state index contributed by atoms with van der Waals surface area (Å²) in [5.41, 5.74) is 10.7. The second-order valence-corrected chi connectivity index (χ2v) is 8.30. The number of benzene rings is 2. The van der Waals surface area contributed by atoms with Crippen LogP contribution in [0.5, 0.6) is 0 Å². The van der Waals surface area contributed by atoms with Crippen molar-refractivity contribution in [2.75, 3.05) is 18.8 Å². The van der Waals surface area contributed by atoms with Crippen LogP contribution in [0.1, 0.15) is 38.0 Å². The van der Waals surface area contributed by atoms with Gasteiger partial charge in [-0.05, 0) is 53.6 Å².